The van der Waals surface area contributed by atoms with E-state index in [-0.39, 0.29) is 24.2 Å². The molecule has 0 radical (unpaired) electrons. The Morgan fingerprint density at radius 1 is 1.07 bits per heavy atom. The highest BCUT2D eigenvalue weighted by Gasteiger charge is 2.24. The number of benzene rings is 2. The molecule has 1 unspecified atom stereocenters. The van der Waals surface area contributed by atoms with Crippen LogP contribution in [0, 0.1) is 6.92 Å². The fourth-order valence-electron chi connectivity index (χ4n) is 2.94. The maximum absolute atomic E-state index is 12.6. The van der Waals surface area contributed by atoms with Crippen LogP contribution in [0.4, 0.5) is 0 Å². The van der Waals surface area contributed by atoms with E-state index in [1.807, 2.05) is 37.3 Å². The zero-order chi connectivity index (χ0) is 19.8. The molecule has 1 aliphatic heterocycles. The Balaban J connectivity index is 1.61. The summed E-state index contributed by atoms with van der Waals surface area (Å²) in [5, 5.41) is 3.22. The first-order chi connectivity index (χ1) is 13.5. The Kier molecular flexibility index (Phi) is 7.58. The number of hydrogen-bond donors (Lipinski definition) is 1. The minimum atomic E-state index is -3.89. The Morgan fingerprint density at radius 3 is 2.50 bits per heavy atom. The van der Waals surface area contributed by atoms with Crippen LogP contribution in [0.1, 0.15) is 17.5 Å². The van der Waals surface area contributed by atoms with Gasteiger partial charge in [-0.25, -0.2) is 0 Å². The van der Waals surface area contributed by atoms with Crippen molar-refractivity contribution in [3.05, 3.63) is 65.7 Å². The third kappa shape index (κ3) is 6.39. The minimum absolute atomic E-state index is 0.0716. The molecular formula is C21H27NO5S. The monoisotopic (exact) mass is 405 g/mol. The van der Waals surface area contributed by atoms with E-state index >= 15 is 0 Å². The molecule has 152 valence electrons. The van der Waals surface area contributed by atoms with Crippen molar-refractivity contribution in [3.8, 4) is 0 Å². The van der Waals surface area contributed by atoms with Crippen molar-refractivity contribution in [2.45, 2.75) is 37.1 Å². The van der Waals surface area contributed by atoms with E-state index in [2.05, 4.69) is 5.32 Å². The standard InChI is InChI=1S/C21H27NO5S/c1-17-7-9-21(10-8-17)28(23,24)27-20(16-26-19-11-12-22-13-19)15-25-14-18-5-3-2-4-6-18/h2-10,19-20,22H,11-16H2,1H3/t19-,20?/m0/s1. The molecule has 1 aliphatic rings. The average Bonchev–Trinajstić information content (AvgIpc) is 3.21. The van der Waals surface area contributed by atoms with Crippen molar-refractivity contribution in [2.75, 3.05) is 26.3 Å². The first-order valence-corrected chi connectivity index (χ1v) is 10.9. The third-order valence-corrected chi connectivity index (χ3v) is 5.90. The predicted molar refractivity (Wildman–Crippen MR) is 107 cm³/mol. The summed E-state index contributed by atoms with van der Waals surface area (Å²) >= 11 is 0. The molecule has 0 aliphatic carbocycles. The van der Waals surface area contributed by atoms with Crippen LogP contribution in [0.15, 0.2) is 59.5 Å². The maximum atomic E-state index is 12.6. The van der Waals surface area contributed by atoms with Gasteiger partial charge in [0.05, 0.1) is 30.8 Å². The van der Waals surface area contributed by atoms with E-state index in [4.69, 9.17) is 13.7 Å². The summed E-state index contributed by atoms with van der Waals surface area (Å²) in [7, 11) is -3.89. The molecule has 3 rings (SSSR count). The molecule has 0 spiro atoms. The molecule has 1 N–H and O–H groups in total. The molecule has 1 saturated heterocycles. The van der Waals surface area contributed by atoms with Crippen molar-refractivity contribution in [1.29, 1.82) is 0 Å². The van der Waals surface area contributed by atoms with Crippen LogP contribution < -0.4 is 5.32 Å². The van der Waals surface area contributed by atoms with Crippen molar-refractivity contribution in [3.63, 3.8) is 0 Å². The topological polar surface area (TPSA) is 73.9 Å². The van der Waals surface area contributed by atoms with Gasteiger partial charge in [0.15, 0.2) is 0 Å². The smallest absolute Gasteiger partial charge is 0.297 e. The highest BCUT2D eigenvalue weighted by Crippen LogP contribution is 2.17. The zero-order valence-electron chi connectivity index (χ0n) is 16.0. The summed E-state index contributed by atoms with van der Waals surface area (Å²) in [6, 6.07) is 16.3. The fraction of sp³-hybridized carbons (Fsp3) is 0.429. The summed E-state index contributed by atoms with van der Waals surface area (Å²) in [5.41, 5.74) is 2.00. The SMILES string of the molecule is Cc1ccc(S(=O)(=O)OC(COCc2ccccc2)CO[C@H]2CCNC2)cc1. The van der Waals surface area contributed by atoms with Crippen LogP contribution >= 0.6 is 0 Å². The van der Waals surface area contributed by atoms with Crippen LogP contribution in [-0.4, -0.2) is 46.9 Å². The van der Waals surface area contributed by atoms with Gasteiger partial charge < -0.3 is 14.8 Å². The van der Waals surface area contributed by atoms with Gasteiger partial charge in [-0.15, -0.1) is 0 Å². The number of ether oxygens (including phenoxy) is 2. The van der Waals surface area contributed by atoms with Crippen LogP contribution in [0.2, 0.25) is 0 Å². The quantitative estimate of drug-likeness (QED) is 0.613. The summed E-state index contributed by atoms with van der Waals surface area (Å²) in [6.07, 6.45) is 0.264. The van der Waals surface area contributed by atoms with Gasteiger partial charge in [-0.2, -0.15) is 8.42 Å². The molecular weight excluding hydrogens is 378 g/mol. The minimum Gasteiger partial charge on any atom is -0.374 e. The van der Waals surface area contributed by atoms with E-state index in [0.717, 1.165) is 30.6 Å². The lowest BCUT2D eigenvalue weighted by Gasteiger charge is -2.20. The largest absolute Gasteiger partial charge is 0.374 e. The molecule has 6 nitrogen and oxygen atoms in total. The lowest BCUT2D eigenvalue weighted by Crippen LogP contribution is -2.31. The van der Waals surface area contributed by atoms with Crippen LogP contribution in [0.5, 0.6) is 0 Å². The lowest BCUT2D eigenvalue weighted by atomic mass is 10.2. The molecule has 0 aromatic heterocycles. The van der Waals surface area contributed by atoms with Gasteiger partial charge in [0.1, 0.15) is 6.10 Å². The normalized spacial score (nSPS) is 18.2. The number of hydrogen-bond acceptors (Lipinski definition) is 6. The zero-order valence-corrected chi connectivity index (χ0v) is 16.9. The molecule has 0 bridgehead atoms. The summed E-state index contributed by atoms with van der Waals surface area (Å²) < 4.78 is 42.3. The Bertz CT molecular complexity index is 818. The third-order valence-electron chi connectivity index (χ3n) is 4.52. The average molecular weight is 406 g/mol. The van der Waals surface area contributed by atoms with Crippen LogP contribution in [0.25, 0.3) is 0 Å². The van der Waals surface area contributed by atoms with Crippen molar-refractivity contribution < 1.29 is 22.1 Å². The van der Waals surface area contributed by atoms with Crippen molar-refractivity contribution in [1.82, 2.24) is 5.32 Å². The van der Waals surface area contributed by atoms with E-state index in [1.165, 1.54) is 0 Å². The summed E-state index contributed by atoms with van der Waals surface area (Å²) in [6.45, 7) is 4.24. The van der Waals surface area contributed by atoms with Gasteiger partial charge >= 0.3 is 0 Å². The molecule has 28 heavy (non-hydrogen) atoms. The first kappa shape index (κ1) is 21.0. The van der Waals surface area contributed by atoms with Crippen molar-refractivity contribution in [2.24, 2.45) is 0 Å². The maximum Gasteiger partial charge on any atom is 0.297 e. The van der Waals surface area contributed by atoms with Crippen LogP contribution in [0.3, 0.4) is 0 Å². The molecule has 2 aromatic rings. The number of aryl methyl sites for hydroxylation is 1. The van der Waals surface area contributed by atoms with Gasteiger partial charge in [-0.3, -0.25) is 4.18 Å². The Morgan fingerprint density at radius 2 is 1.82 bits per heavy atom. The van der Waals surface area contributed by atoms with E-state index in [9.17, 15) is 8.42 Å². The van der Waals surface area contributed by atoms with E-state index in [0.29, 0.717) is 6.61 Å². The second-order valence-electron chi connectivity index (χ2n) is 6.93. The summed E-state index contributed by atoms with van der Waals surface area (Å²) in [5.74, 6) is 0. The van der Waals surface area contributed by atoms with Crippen LogP contribution in [-0.2, 0) is 30.4 Å². The van der Waals surface area contributed by atoms with Gasteiger partial charge in [0.25, 0.3) is 10.1 Å². The number of nitrogens with one attached hydrogen (secondary N) is 1. The van der Waals surface area contributed by atoms with Crippen molar-refractivity contribution >= 4 is 10.1 Å². The number of rotatable bonds is 10. The molecule has 0 amide bonds. The molecule has 7 heteroatoms. The predicted octanol–water partition coefficient (Wildman–Crippen LogP) is 2.66. The highest BCUT2D eigenvalue weighted by molar-refractivity contribution is 7.86. The van der Waals surface area contributed by atoms with Gasteiger partial charge in [-0.1, -0.05) is 48.0 Å². The molecule has 1 fully saturated rings. The van der Waals surface area contributed by atoms with Gasteiger partial charge in [-0.05, 0) is 37.6 Å². The van der Waals surface area contributed by atoms with Gasteiger partial charge in [0, 0.05) is 6.54 Å². The molecule has 2 aromatic carbocycles. The van der Waals surface area contributed by atoms with Gasteiger partial charge in [0.2, 0.25) is 0 Å². The molecule has 1 heterocycles. The second kappa shape index (κ2) is 10.1. The molecule has 2 atom stereocenters. The Hall–Kier alpha value is -1.77. The Labute approximate surface area is 166 Å². The summed E-state index contributed by atoms with van der Waals surface area (Å²) in [4.78, 5) is 0.133. The van der Waals surface area contributed by atoms with E-state index < -0.39 is 16.2 Å². The fourth-order valence-corrected chi connectivity index (χ4v) is 3.99. The lowest BCUT2D eigenvalue weighted by molar-refractivity contribution is -0.0296. The molecule has 0 saturated carbocycles. The highest BCUT2D eigenvalue weighted by atomic mass is 32.2. The second-order valence-corrected chi connectivity index (χ2v) is 8.51. The van der Waals surface area contributed by atoms with E-state index in [1.54, 1.807) is 24.3 Å². The first-order valence-electron chi connectivity index (χ1n) is 9.47.